The van der Waals surface area contributed by atoms with Crippen LogP contribution >= 0.6 is 0 Å². The second-order valence-electron chi connectivity index (χ2n) is 8.12. The van der Waals surface area contributed by atoms with Crippen LogP contribution in [-0.2, 0) is 19.3 Å². The lowest BCUT2D eigenvalue weighted by atomic mass is 9.91. The molecule has 6 heteroatoms. The summed E-state index contributed by atoms with van der Waals surface area (Å²) < 4.78 is 0. The zero-order valence-corrected chi connectivity index (χ0v) is 18.3. The van der Waals surface area contributed by atoms with E-state index in [0.717, 1.165) is 24.0 Å². The Labute approximate surface area is 190 Å². The Hall–Kier alpha value is -4.06. The summed E-state index contributed by atoms with van der Waals surface area (Å²) in [5, 5.41) is 43.4. The molecule has 0 aliphatic rings. The van der Waals surface area contributed by atoms with Crippen LogP contribution in [0.5, 0.6) is 11.5 Å². The lowest BCUT2D eigenvalue weighted by molar-refractivity contribution is 0.0684. The molecular weight excluding hydrogens is 420 g/mol. The second kappa shape index (κ2) is 8.47. The van der Waals surface area contributed by atoms with Gasteiger partial charge in [-0.15, -0.1) is 0 Å². The van der Waals surface area contributed by atoms with Crippen LogP contribution < -0.4 is 0 Å². The number of aromatic hydroxyl groups is 2. The number of rotatable bonds is 6. The Balaban J connectivity index is 1.93. The lowest BCUT2D eigenvalue weighted by Crippen LogP contribution is -2.04. The first-order chi connectivity index (χ1) is 15.7. The molecule has 0 amide bonds. The van der Waals surface area contributed by atoms with E-state index in [0.29, 0.717) is 32.7 Å². The summed E-state index contributed by atoms with van der Waals surface area (Å²) in [6, 6.07) is 14.3. The molecule has 0 atom stereocenters. The SMILES string of the molecule is CCc1ccc2cc(Cc3cc4ccc(CC)cc4c(C(=O)O)c3O)c(O)c(C(=O)O)c2c1. The van der Waals surface area contributed by atoms with Gasteiger partial charge in [0.15, 0.2) is 0 Å². The van der Waals surface area contributed by atoms with Crippen molar-refractivity contribution in [2.75, 3.05) is 0 Å². The first-order valence-corrected chi connectivity index (χ1v) is 10.8. The quantitative estimate of drug-likeness (QED) is 0.311. The molecule has 0 aliphatic carbocycles. The predicted molar refractivity (Wildman–Crippen MR) is 127 cm³/mol. The summed E-state index contributed by atoms with van der Waals surface area (Å²) in [5.74, 6) is -3.29. The van der Waals surface area contributed by atoms with Crippen LogP contribution in [0.1, 0.15) is 56.8 Å². The summed E-state index contributed by atoms with van der Waals surface area (Å²) in [6.07, 6.45) is 1.41. The Morgan fingerprint density at radius 3 is 1.39 bits per heavy atom. The smallest absolute Gasteiger partial charge is 0.340 e. The minimum Gasteiger partial charge on any atom is -0.507 e. The third-order valence-electron chi connectivity index (χ3n) is 6.14. The van der Waals surface area contributed by atoms with Crippen LogP contribution in [0.2, 0.25) is 0 Å². The molecule has 0 saturated heterocycles. The zero-order chi connectivity index (χ0) is 23.9. The topological polar surface area (TPSA) is 115 Å². The standard InChI is InChI=1S/C27H24O6/c1-3-14-5-7-16-11-18(24(28)22(26(30)31)20(16)9-14)13-19-12-17-8-6-15(4-2)10-21(17)23(25(19)29)27(32)33/h5-12,28-29H,3-4,13H2,1-2H3,(H,30,31)(H,32,33). The van der Waals surface area contributed by atoms with E-state index in [1.165, 1.54) is 0 Å². The molecule has 6 nitrogen and oxygen atoms in total. The van der Waals surface area contributed by atoms with Crippen LogP contribution in [0.15, 0.2) is 48.5 Å². The van der Waals surface area contributed by atoms with Crippen LogP contribution in [0.4, 0.5) is 0 Å². The van der Waals surface area contributed by atoms with Crippen LogP contribution in [0.25, 0.3) is 21.5 Å². The number of benzene rings is 4. The third-order valence-corrected chi connectivity index (χ3v) is 6.14. The molecule has 0 heterocycles. The molecule has 0 radical (unpaired) electrons. The number of aromatic carboxylic acids is 2. The van der Waals surface area contributed by atoms with Gasteiger partial charge >= 0.3 is 11.9 Å². The first-order valence-electron chi connectivity index (χ1n) is 10.8. The molecule has 4 aromatic rings. The van der Waals surface area contributed by atoms with Crippen molar-refractivity contribution in [1.82, 2.24) is 0 Å². The van der Waals surface area contributed by atoms with Gasteiger partial charge in [-0.2, -0.15) is 0 Å². The van der Waals surface area contributed by atoms with E-state index in [-0.39, 0.29) is 29.0 Å². The average molecular weight is 444 g/mol. The van der Waals surface area contributed by atoms with Crippen LogP contribution in [0.3, 0.4) is 0 Å². The highest BCUT2D eigenvalue weighted by molar-refractivity contribution is 6.08. The maximum Gasteiger partial charge on any atom is 0.340 e. The Morgan fingerprint density at radius 1 is 0.667 bits per heavy atom. The van der Waals surface area contributed by atoms with Gasteiger partial charge in [-0.3, -0.25) is 0 Å². The maximum absolute atomic E-state index is 12.0. The highest BCUT2D eigenvalue weighted by Gasteiger charge is 2.23. The van der Waals surface area contributed by atoms with Gasteiger partial charge in [0.2, 0.25) is 0 Å². The van der Waals surface area contributed by atoms with E-state index in [1.54, 1.807) is 36.4 Å². The number of hydrogen-bond donors (Lipinski definition) is 4. The van der Waals surface area contributed by atoms with E-state index < -0.39 is 11.9 Å². The predicted octanol–water partition coefficient (Wildman–Crippen LogP) is 5.52. The van der Waals surface area contributed by atoms with Crippen molar-refractivity contribution in [3.05, 3.63) is 81.9 Å². The minimum absolute atomic E-state index is 0.0326. The molecule has 0 aliphatic heterocycles. The first kappa shape index (κ1) is 22.1. The van der Waals surface area contributed by atoms with Gasteiger partial charge in [0.05, 0.1) is 0 Å². The van der Waals surface area contributed by atoms with Crippen molar-refractivity contribution in [2.45, 2.75) is 33.1 Å². The normalized spacial score (nSPS) is 11.2. The Bertz CT molecular complexity index is 1330. The highest BCUT2D eigenvalue weighted by atomic mass is 16.4. The molecular formula is C27H24O6. The van der Waals surface area contributed by atoms with Crippen molar-refractivity contribution < 1.29 is 30.0 Å². The van der Waals surface area contributed by atoms with E-state index in [1.807, 2.05) is 26.0 Å². The third kappa shape index (κ3) is 3.84. The van der Waals surface area contributed by atoms with Gasteiger partial charge in [0.1, 0.15) is 22.6 Å². The molecule has 33 heavy (non-hydrogen) atoms. The Kier molecular flexibility index (Phi) is 5.68. The number of phenols is 2. The number of carbonyl (C=O) groups is 2. The molecule has 0 aromatic heterocycles. The summed E-state index contributed by atoms with van der Waals surface area (Å²) in [5.41, 5.74) is 2.07. The van der Waals surface area contributed by atoms with Crippen molar-refractivity contribution in [3.63, 3.8) is 0 Å². The van der Waals surface area contributed by atoms with Gasteiger partial charge in [-0.1, -0.05) is 50.2 Å². The zero-order valence-electron chi connectivity index (χ0n) is 18.3. The molecule has 0 fully saturated rings. The molecule has 0 saturated carbocycles. The number of hydrogen-bond acceptors (Lipinski definition) is 4. The number of carboxylic acids is 2. The van der Waals surface area contributed by atoms with Crippen molar-refractivity contribution >= 4 is 33.5 Å². The van der Waals surface area contributed by atoms with Gasteiger partial charge in [0, 0.05) is 17.2 Å². The van der Waals surface area contributed by atoms with Crippen LogP contribution in [-0.4, -0.2) is 32.4 Å². The van der Waals surface area contributed by atoms with E-state index in [2.05, 4.69) is 0 Å². The second-order valence-corrected chi connectivity index (χ2v) is 8.12. The fourth-order valence-corrected chi connectivity index (χ4v) is 4.33. The fourth-order valence-electron chi connectivity index (χ4n) is 4.33. The largest absolute Gasteiger partial charge is 0.507 e. The summed E-state index contributed by atoms with van der Waals surface area (Å²) in [6.45, 7) is 3.92. The number of fused-ring (bicyclic) bond motifs is 2. The fraction of sp³-hybridized carbons (Fsp3) is 0.185. The van der Waals surface area contributed by atoms with Crippen molar-refractivity contribution in [2.24, 2.45) is 0 Å². The van der Waals surface area contributed by atoms with E-state index in [4.69, 9.17) is 0 Å². The van der Waals surface area contributed by atoms with Gasteiger partial charge < -0.3 is 20.4 Å². The molecule has 0 bridgehead atoms. The van der Waals surface area contributed by atoms with Crippen molar-refractivity contribution in [3.8, 4) is 11.5 Å². The lowest BCUT2D eigenvalue weighted by Gasteiger charge is -2.15. The van der Waals surface area contributed by atoms with Gasteiger partial charge in [0.25, 0.3) is 0 Å². The molecule has 168 valence electrons. The van der Waals surface area contributed by atoms with Gasteiger partial charge in [-0.25, -0.2) is 9.59 Å². The minimum atomic E-state index is -1.26. The maximum atomic E-state index is 12.0. The molecule has 4 N–H and O–H groups in total. The number of aryl methyl sites for hydroxylation is 2. The molecule has 0 spiro atoms. The number of carboxylic acid groups (broad SMARTS) is 2. The molecule has 0 unspecified atom stereocenters. The monoisotopic (exact) mass is 444 g/mol. The summed E-state index contributed by atoms with van der Waals surface area (Å²) in [7, 11) is 0. The average Bonchev–Trinajstić information content (AvgIpc) is 2.78. The Morgan fingerprint density at radius 2 is 1.06 bits per heavy atom. The van der Waals surface area contributed by atoms with Crippen LogP contribution in [0, 0.1) is 0 Å². The van der Waals surface area contributed by atoms with Gasteiger partial charge in [-0.05, 0) is 58.0 Å². The van der Waals surface area contributed by atoms with E-state index in [9.17, 15) is 30.0 Å². The van der Waals surface area contributed by atoms with E-state index >= 15 is 0 Å². The van der Waals surface area contributed by atoms with Crippen molar-refractivity contribution in [1.29, 1.82) is 0 Å². The molecule has 4 rings (SSSR count). The highest BCUT2D eigenvalue weighted by Crippen LogP contribution is 2.38. The summed E-state index contributed by atoms with van der Waals surface area (Å²) >= 11 is 0. The molecule has 4 aromatic carbocycles. The summed E-state index contributed by atoms with van der Waals surface area (Å²) in [4.78, 5) is 24.0.